The first-order chi connectivity index (χ1) is 12.7. The van der Waals surface area contributed by atoms with E-state index in [2.05, 4.69) is 11.4 Å². The number of carbonyl (C=O) groups excluding carboxylic acids is 2. The summed E-state index contributed by atoms with van der Waals surface area (Å²) in [5, 5.41) is 12.0. The topological polar surface area (TPSA) is 73.2 Å². The summed E-state index contributed by atoms with van der Waals surface area (Å²) in [4.78, 5) is 26.9. The van der Waals surface area contributed by atoms with Crippen LogP contribution in [0.5, 0.6) is 0 Å². The number of nitrogens with one attached hydrogen (secondary N) is 1. The van der Waals surface area contributed by atoms with E-state index >= 15 is 0 Å². The zero-order chi connectivity index (χ0) is 18.1. The van der Waals surface area contributed by atoms with Crippen molar-refractivity contribution in [1.82, 2.24) is 4.90 Å². The summed E-state index contributed by atoms with van der Waals surface area (Å²) in [6, 6.07) is 16.7. The number of anilines is 1. The number of likely N-dealkylation sites (tertiary alicyclic amines) is 1. The molecule has 0 saturated carbocycles. The van der Waals surface area contributed by atoms with Crippen LogP contribution in [0, 0.1) is 17.2 Å². The van der Waals surface area contributed by atoms with Crippen molar-refractivity contribution >= 4 is 17.5 Å². The zero-order valence-electron chi connectivity index (χ0n) is 14.3. The minimum Gasteiger partial charge on any atom is -0.339 e. The number of para-hydroxylation sites is 1. The number of amides is 2. The number of nitrogens with zero attached hydrogens (tertiary/aromatic N) is 2. The molecular formula is C21H19N3O2. The predicted octanol–water partition coefficient (Wildman–Crippen LogP) is 3.15. The van der Waals surface area contributed by atoms with Crippen LogP contribution in [-0.4, -0.2) is 29.8 Å². The van der Waals surface area contributed by atoms with Crippen LogP contribution in [0.1, 0.15) is 40.2 Å². The van der Waals surface area contributed by atoms with Crippen LogP contribution in [-0.2, 0) is 4.79 Å². The van der Waals surface area contributed by atoms with Gasteiger partial charge in [0, 0.05) is 24.3 Å². The molecule has 1 atom stereocenters. The summed E-state index contributed by atoms with van der Waals surface area (Å²) in [6.07, 6.45) is 1.60. The van der Waals surface area contributed by atoms with Gasteiger partial charge in [0.1, 0.15) is 0 Å². The molecule has 130 valence electrons. The number of hydrogen-bond donors (Lipinski definition) is 1. The molecule has 0 radical (unpaired) electrons. The normalized spacial score (nSPS) is 19.6. The number of hydrogen-bond acceptors (Lipinski definition) is 3. The van der Waals surface area contributed by atoms with Crippen molar-refractivity contribution in [2.24, 2.45) is 5.92 Å². The highest BCUT2D eigenvalue weighted by Crippen LogP contribution is 2.41. The number of carbonyl (C=O) groups is 2. The molecule has 5 nitrogen and oxygen atoms in total. The van der Waals surface area contributed by atoms with Gasteiger partial charge in [0.2, 0.25) is 5.91 Å². The van der Waals surface area contributed by atoms with Crippen LogP contribution in [0.25, 0.3) is 0 Å². The second kappa shape index (κ2) is 6.64. The van der Waals surface area contributed by atoms with E-state index in [1.54, 1.807) is 24.3 Å². The largest absolute Gasteiger partial charge is 0.339 e. The van der Waals surface area contributed by atoms with E-state index in [4.69, 9.17) is 5.26 Å². The van der Waals surface area contributed by atoms with Crippen molar-refractivity contribution in [3.8, 4) is 6.07 Å². The van der Waals surface area contributed by atoms with Gasteiger partial charge in [-0.2, -0.15) is 5.26 Å². The Morgan fingerprint density at radius 3 is 2.65 bits per heavy atom. The maximum absolute atomic E-state index is 12.7. The van der Waals surface area contributed by atoms with Gasteiger partial charge in [-0.25, -0.2) is 0 Å². The lowest BCUT2D eigenvalue weighted by molar-refractivity contribution is -0.118. The third-order valence-electron chi connectivity index (χ3n) is 5.37. The lowest BCUT2D eigenvalue weighted by Crippen LogP contribution is -2.40. The summed E-state index contributed by atoms with van der Waals surface area (Å²) in [6.45, 7) is 1.26. The van der Waals surface area contributed by atoms with E-state index in [0.717, 1.165) is 24.1 Å². The fourth-order valence-corrected chi connectivity index (χ4v) is 4.04. The van der Waals surface area contributed by atoms with Crippen LogP contribution < -0.4 is 5.32 Å². The number of rotatable bonds is 2. The Balaban J connectivity index is 1.45. The van der Waals surface area contributed by atoms with Crippen molar-refractivity contribution in [3.05, 3.63) is 65.2 Å². The summed E-state index contributed by atoms with van der Waals surface area (Å²) in [5.41, 5.74) is 3.02. The van der Waals surface area contributed by atoms with Gasteiger partial charge in [-0.15, -0.1) is 0 Å². The molecule has 0 bridgehead atoms. The van der Waals surface area contributed by atoms with Crippen LogP contribution >= 0.6 is 0 Å². The van der Waals surface area contributed by atoms with Crippen molar-refractivity contribution in [2.75, 3.05) is 18.4 Å². The first-order valence-electron chi connectivity index (χ1n) is 8.86. The highest BCUT2D eigenvalue weighted by atomic mass is 16.2. The highest BCUT2D eigenvalue weighted by Gasteiger charge is 2.38. The third kappa shape index (κ3) is 2.84. The van der Waals surface area contributed by atoms with Gasteiger partial charge in [0.15, 0.2) is 0 Å². The number of nitriles is 1. The molecule has 0 spiro atoms. The maximum Gasteiger partial charge on any atom is 0.253 e. The molecule has 1 fully saturated rings. The van der Waals surface area contributed by atoms with Crippen LogP contribution in [0.4, 0.5) is 5.69 Å². The van der Waals surface area contributed by atoms with Crippen molar-refractivity contribution < 1.29 is 9.59 Å². The predicted molar refractivity (Wildman–Crippen MR) is 97.6 cm³/mol. The van der Waals surface area contributed by atoms with Gasteiger partial charge in [-0.05, 0) is 48.6 Å². The molecule has 1 saturated heterocycles. The van der Waals surface area contributed by atoms with Gasteiger partial charge in [0.05, 0.1) is 17.6 Å². The molecule has 1 N–H and O–H groups in total. The van der Waals surface area contributed by atoms with E-state index in [1.807, 2.05) is 29.2 Å². The second-order valence-corrected chi connectivity index (χ2v) is 6.88. The summed E-state index contributed by atoms with van der Waals surface area (Å²) < 4.78 is 0. The lowest BCUT2D eigenvalue weighted by Gasteiger charge is -2.34. The first kappa shape index (κ1) is 16.3. The van der Waals surface area contributed by atoms with Crippen LogP contribution in [0.2, 0.25) is 0 Å². The fraction of sp³-hybridized carbons (Fsp3) is 0.286. The van der Waals surface area contributed by atoms with E-state index in [9.17, 15) is 9.59 Å². The Bertz CT molecular complexity index is 907. The molecule has 5 heteroatoms. The van der Waals surface area contributed by atoms with Gasteiger partial charge < -0.3 is 10.2 Å². The Labute approximate surface area is 152 Å². The molecule has 2 aromatic rings. The molecule has 0 aromatic heterocycles. The monoisotopic (exact) mass is 345 g/mol. The molecule has 2 aromatic carbocycles. The average Bonchev–Trinajstić information content (AvgIpc) is 3.03. The van der Waals surface area contributed by atoms with Crippen molar-refractivity contribution in [3.63, 3.8) is 0 Å². The molecule has 2 aliphatic heterocycles. The number of benzene rings is 2. The summed E-state index contributed by atoms with van der Waals surface area (Å²) in [7, 11) is 0. The Hall–Kier alpha value is -3.13. The molecule has 1 unspecified atom stereocenters. The molecule has 2 amide bonds. The molecule has 26 heavy (non-hydrogen) atoms. The second-order valence-electron chi connectivity index (χ2n) is 6.88. The Kier molecular flexibility index (Phi) is 4.18. The number of fused-ring (bicyclic) bond motifs is 1. The van der Waals surface area contributed by atoms with Gasteiger partial charge >= 0.3 is 0 Å². The standard InChI is InChI=1S/C21H19N3O2/c22-13-14-4-3-5-16(12-14)21(26)24-10-8-15(9-11-24)19-17-6-1-2-7-18(17)23-20(19)25/h1-7,12,15,19H,8-11H2,(H,23,25). The van der Waals surface area contributed by atoms with E-state index < -0.39 is 0 Å². The molecule has 2 aliphatic rings. The SMILES string of the molecule is N#Cc1cccc(C(=O)N2CCC(C3C(=O)Nc4ccccc43)CC2)c1. The quantitative estimate of drug-likeness (QED) is 0.909. The minimum atomic E-state index is -0.120. The van der Waals surface area contributed by atoms with E-state index in [0.29, 0.717) is 24.2 Å². The van der Waals surface area contributed by atoms with Crippen molar-refractivity contribution in [1.29, 1.82) is 5.26 Å². The van der Waals surface area contributed by atoms with Crippen LogP contribution in [0.3, 0.4) is 0 Å². The first-order valence-corrected chi connectivity index (χ1v) is 8.86. The van der Waals surface area contributed by atoms with Gasteiger partial charge in [0.25, 0.3) is 5.91 Å². The highest BCUT2D eigenvalue weighted by molar-refractivity contribution is 6.03. The van der Waals surface area contributed by atoms with Crippen molar-refractivity contribution in [2.45, 2.75) is 18.8 Å². The third-order valence-corrected chi connectivity index (χ3v) is 5.37. The lowest BCUT2D eigenvalue weighted by atomic mass is 9.80. The van der Waals surface area contributed by atoms with Gasteiger partial charge in [-0.3, -0.25) is 9.59 Å². The fourth-order valence-electron chi connectivity index (χ4n) is 4.04. The van der Waals surface area contributed by atoms with Gasteiger partial charge in [-0.1, -0.05) is 24.3 Å². The van der Waals surface area contributed by atoms with E-state index in [1.165, 1.54) is 0 Å². The smallest absolute Gasteiger partial charge is 0.253 e. The average molecular weight is 345 g/mol. The Morgan fingerprint density at radius 1 is 1.12 bits per heavy atom. The molecule has 0 aliphatic carbocycles. The molecule has 2 heterocycles. The molecular weight excluding hydrogens is 326 g/mol. The summed E-state index contributed by atoms with van der Waals surface area (Å²) in [5.74, 6) is 0.146. The Morgan fingerprint density at radius 2 is 1.88 bits per heavy atom. The van der Waals surface area contributed by atoms with Crippen LogP contribution in [0.15, 0.2) is 48.5 Å². The summed E-state index contributed by atoms with van der Waals surface area (Å²) >= 11 is 0. The zero-order valence-corrected chi connectivity index (χ0v) is 14.3. The molecule has 4 rings (SSSR count). The minimum absolute atomic E-state index is 0.0446. The maximum atomic E-state index is 12.7. The number of piperidine rings is 1. The van der Waals surface area contributed by atoms with E-state index in [-0.39, 0.29) is 23.7 Å².